The van der Waals surface area contributed by atoms with Crippen LogP contribution < -0.4 is 10.1 Å². The SMILES string of the molecule is COc1cccc(CC(=O)NCCn2c(C)cnc2C)c1. The summed E-state index contributed by atoms with van der Waals surface area (Å²) >= 11 is 0. The molecule has 0 saturated heterocycles. The number of methoxy groups -OCH3 is 1. The van der Waals surface area contributed by atoms with E-state index < -0.39 is 0 Å². The lowest BCUT2D eigenvalue weighted by Gasteiger charge is -2.09. The summed E-state index contributed by atoms with van der Waals surface area (Å²) < 4.78 is 7.24. The summed E-state index contributed by atoms with van der Waals surface area (Å²) in [4.78, 5) is 16.2. The second-order valence-corrected chi connectivity index (χ2v) is 4.98. The van der Waals surface area contributed by atoms with Gasteiger partial charge in [0.2, 0.25) is 5.91 Å². The largest absolute Gasteiger partial charge is 0.497 e. The van der Waals surface area contributed by atoms with Gasteiger partial charge in [-0.3, -0.25) is 4.79 Å². The molecule has 0 saturated carbocycles. The molecule has 21 heavy (non-hydrogen) atoms. The summed E-state index contributed by atoms with van der Waals surface area (Å²) in [7, 11) is 1.62. The van der Waals surface area contributed by atoms with Crippen LogP contribution in [0.25, 0.3) is 0 Å². The van der Waals surface area contributed by atoms with Crippen LogP contribution in [0.1, 0.15) is 17.1 Å². The van der Waals surface area contributed by atoms with Crippen molar-refractivity contribution in [2.24, 2.45) is 0 Å². The van der Waals surface area contributed by atoms with Crippen molar-refractivity contribution in [1.82, 2.24) is 14.9 Å². The standard InChI is InChI=1S/C16H21N3O2/c1-12-11-18-13(2)19(12)8-7-17-16(20)10-14-5-4-6-15(9-14)21-3/h4-6,9,11H,7-8,10H2,1-3H3,(H,17,20). The molecule has 2 rings (SSSR count). The van der Waals surface area contributed by atoms with E-state index in [1.54, 1.807) is 7.11 Å². The van der Waals surface area contributed by atoms with Crippen molar-refractivity contribution in [2.75, 3.05) is 13.7 Å². The van der Waals surface area contributed by atoms with Crippen LogP contribution >= 0.6 is 0 Å². The van der Waals surface area contributed by atoms with Crippen molar-refractivity contribution in [3.8, 4) is 5.75 Å². The number of ether oxygens (including phenoxy) is 1. The molecule has 1 aromatic heterocycles. The molecule has 1 amide bonds. The van der Waals surface area contributed by atoms with Crippen molar-refractivity contribution >= 4 is 5.91 Å². The molecule has 0 radical (unpaired) electrons. The van der Waals surface area contributed by atoms with Gasteiger partial charge in [0.05, 0.1) is 13.5 Å². The highest BCUT2D eigenvalue weighted by Crippen LogP contribution is 2.12. The molecule has 0 aliphatic heterocycles. The molecule has 1 heterocycles. The van der Waals surface area contributed by atoms with E-state index in [0.717, 1.165) is 29.4 Å². The minimum atomic E-state index is 0.0127. The first-order valence-electron chi connectivity index (χ1n) is 6.98. The minimum absolute atomic E-state index is 0.0127. The van der Waals surface area contributed by atoms with Crippen LogP contribution in [0.3, 0.4) is 0 Å². The van der Waals surface area contributed by atoms with Crippen LogP contribution in [-0.2, 0) is 17.8 Å². The molecule has 1 N–H and O–H groups in total. The summed E-state index contributed by atoms with van der Waals surface area (Å²) in [5.74, 6) is 1.75. The number of benzene rings is 1. The van der Waals surface area contributed by atoms with E-state index in [1.807, 2.05) is 44.3 Å². The first kappa shape index (κ1) is 15.1. The Hall–Kier alpha value is -2.30. The molecular weight excluding hydrogens is 266 g/mol. The summed E-state index contributed by atoms with van der Waals surface area (Å²) in [6, 6.07) is 7.56. The Bertz CT molecular complexity index is 600. The Morgan fingerprint density at radius 2 is 2.19 bits per heavy atom. The van der Waals surface area contributed by atoms with E-state index in [0.29, 0.717) is 13.0 Å². The van der Waals surface area contributed by atoms with Gasteiger partial charge in [0, 0.05) is 25.0 Å². The molecule has 0 aliphatic rings. The zero-order chi connectivity index (χ0) is 15.2. The average Bonchev–Trinajstić information content (AvgIpc) is 2.79. The van der Waals surface area contributed by atoms with Crippen LogP contribution in [0.15, 0.2) is 30.5 Å². The number of amides is 1. The molecule has 5 nitrogen and oxygen atoms in total. The van der Waals surface area contributed by atoms with E-state index in [1.165, 1.54) is 0 Å². The second-order valence-electron chi connectivity index (χ2n) is 4.98. The van der Waals surface area contributed by atoms with Crippen molar-refractivity contribution in [2.45, 2.75) is 26.8 Å². The van der Waals surface area contributed by atoms with Crippen LogP contribution in [0.4, 0.5) is 0 Å². The number of nitrogens with zero attached hydrogens (tertiary/aromatic N) is 2. The highest BCUT2D eigenvalue weighted by molar-refractivity contribution is 5.78. The smallest absolute Gasteiger partial charge is 0.224 e. The number of carbonyl (C=O) groups is 1. The molecular formula is C16H21N3O2. The molecule has 2 aromatic rings. The lowest BCUT2D eigenvalue weighted by Crippen LogP contribution is -2.29. The number of rotatable bonds is 6. The zero-order valence-electron chi connectivity index (χ0n) is 12.7. The lowest BCUT2D eigenvalue weighted by atomic mass is 10.1. The topological polar surface area (TPSA) is 56.1 Å². The van der Waals surface area contributed by atoms with Gasteiger partial charge in [-0.05, 0) is 31.5 Å². The molecule has 0 spiro atoms. The number of imidazole rings is 1. The van der Waals surface area contributed by atoms with Gasteiger partial charge in [-0.15, -0.1) is 0 Å². The zero-order valence-corrected chi connectivity index (χ0v) is 12.7. The first-order valence-corrected chi connectivity index (χ1v) is 6.98. The maximum absolute atomic E-state index is 11.9. The normalized spacial score (nSPS) is 10.4. The molecule has 0 unspecified atom stereocenters. The number of carbonyl (C=O) groups excluding carboxylic acids is 1. The van der Waals surface area contributed by atoms with Crippen LogP contribution in [-0.4, -0.2) is 29.1 Å². The van der Waals surface area contributed by atoms with Gasteiger partial charge < -0.3 is 14.6 Å². The number of hydrogen-bond donors (Lipinski definition) is 1. The highest BCUT2D eigenvalue weighted by atomic mass is 16.5. The molecule has 1 aromatic carbocycles. The van der Waals surface area contributed by atoms with Crippen molar-refractivity contribution in [3.63, 3.8) is 0 Å². The van der Waals surface area contributed by atoms with Gasteiger partial charge in [0.1, 0.15) is 11.6 Å². The maximum atomic E-state index is 11.9. The fourth-order valence-electron chi connectivity index (χ4n) is 2.26. The molecule has 0 aliphatic carbocycles. The first-order chi connectivity index (χ1) is 10.1. The second kappa shape index (κ2) is 6.92. The van der Waals surface area contributed by atoms with Gasteiger partial charge in [-0.1, -0.05) is 12.1 Å². The monoisotopic (exact) mass is 287 g/mol. The van der Waals surface area contributed by atoms with Crippen LogP contribution in [0.5, 0.6) is 5.75 Å². The number of hydrogen-bond acceptors (Lipinski definition) is 3. The van der Waals surface area contributed by atoms with Gasteiger partial charge >= 0.3 is 0 Å². The lowest BCUT2D eigenvalue weighted by molar-refractivity contribution is -0.120. The Kier molecular flexibility index (Phi) is 4.98. The third-order valence-corrected chi connectivity index (χ3v) is 3.41. The molecule has 112 valence electrons. The van der Waals surface area contributed by atoms with E-state index in [9.17, 15) is 4.79 Å². The van der Waals surface area contributed by atoms with E-state index >= 15 is 0 Å². The van der Waals surface area contributed by atoms with Crippen molar-refractivity contribution in [3.05, 3.63) is 47.5 Å². The predicted molar refractivity (Wildman–Crippen MR) is 81.4 cm³/mol. The Labute approximate surface area is 125 Å². The Balaban J connectivity index is 1.82. The van der Waals surface area contributed by atoms with E-state index in [2.05, 4.69) is 14.9 Å². The Morgan fingerprint density at radius 3 is 2.86 bits per heavy atom. The number of aryl methyl sites for hydroxylation is 2. The maximum Gasteiger partial charge on any atom is 0.224 e. The predicted octanol–water partition coefficient (Wildman–Crippen LogP) is 1.87. The highest BCUT2D eigenvalue weighted by Gasteiger charge is 2.06. The van der Waals surface area contributed by atoms with Crippen LogP contribution in [0.2, 0.25) is 0 Å². The van der Waals surface area contributed by atoms with Gasteiger partial charge in [0.25, 0.3) is 0 Å². The Morgan fingerprint density at radius 1 is 1.38 bits per heavy atom. The summed E-state index contributed by atoms with van der Waals surface area (Å²) in [5.41, 5.74) is 2.05. The molecule has 0 fully saturated rings. The molecule has 0 atom stereocenters. The average molecular weight is 287 g/mol. The fourth-order valence-corrected chi connectivity index (χ4v) is 2.26. The van der Waals surface area contributed by atoms with E-state index in [4.69, 9.17) is 4.74 Å². The van der Waals surface area contributed by atoms with E-state index in [-0.39, 0.29) is 5.91 Å². The molecule has 0 bridgehead atoms. The molecule has 5 heteroatoms. The minimum Gasteiger partial charge on any atom is -0.497 e. The van der Waals surface area contributed by atoms with Crippen LogP contribution in [0, 0.1) is 13.8 Å². The van der Waals surface area contributed by atoms with Gasteiger partial charge in [0.15, 0.2) is 0 Å². The van der Waals surface area contributed by atoms with Crippen molar-refractivity contribution < 1.29 is 9.53 Å². The third-order valence-electron chi connectivity index (χ3n) is 3.41. The number of nitrogens with one attached hydrogen (secondary N) is 1. The van der Waals surface area contributed by atoms with Gasteiger partial charge in [-0.2, -0.15) is 0 Å². The number of aromatic nitrogens is 2. The fraction of sp³-hybridized carbons (Fsp3) is 0.375. The van der Waals surface area contributed by atoms with Crippen molar-refractivity contribution in [1.29, 1.82) is 0 Å². The summed E-state index contributed by atoms with van der Waals surface area (Å²) in [6.45, 7) is 5.31. The summed E-state index contributed by atoms with van der Waals surface area (Å²) in [5, 5.41) is 2.93. The quantitative estimate of drug-likeness (QED) is 0.882. The third kappa shape index (κ3) is 4.08. The van der Waals surface area contributed by atoms with Gasteiger partial charge in [-0.25, -0.2) is 4.98 Å². The summed E-state index contributed by atoms with van der Waals surface area (Å²) in [6.07, 6.45) is 2.20.